The van der Waals surface area contributed by atoms with Crippen LogP contribution in [0.25, 0.3) is 11.6 Å². The van der Waals surface area contributed by atoms with Crippen LogP contribution in [-0.4, -0.2) is 7.11 Å². The van der Waals surface area contributed by atoms with E-state index in [1.807, 2.05) is 79.7 Å². The molecule has 3 aromatic rings. The zero-order valence-electron chi connectivity index (χ0n) is 15.8. The van der Waals surface area contributed by atoms with Crippen molar-refractivity contribution < 1.29 is 9.47 Å². The molecule has 3 nitrogen and oxygen atoms in total. The highest BCUT2D eigenvalue weighted by Gasteiger charge is 2.08. The highest BCUT2D eigenvalue weighted by molar-refractivity contribution is 6.31. The molecule has 0 unspecified atom stereocenters. The zero-order chi connectivity index (χ0) is 19.9. The molecule has 0 saturated heterocycles. The van der Waals surface area contributed by atoms with Gasteiger partial charge in [-0.15, -0.1) is 0 Å². The standard InChI is InChI=1S/C24H20ClNO2/c1-17-7-10-19(11-8-17)21(15-26)13-18-9-12-23(24(14-18)27-2)28-16-20-5-3-4-6-22(20)25/h3-14H,16H2,1-2H3/b21-13-. The van der Waals surface area contributed by atoms with Crippen LogP contribution in [0.4, 0.5) is 0 Å². The molecule has 3 aromatic carbocycles. The van der Waals surface area contributed by atoms with Crippen molar-refractivity contribution in [2.75, 3.05) is 7.11 Å². The number of halogens is 1. The first-order valence-corrected chi connectivity index (χ1v) is 9.21. The fourth-order valence-electron chi connectivity index (χ4n) is 2.74. The van der Waals surface area contributed by atoms with E-state index >= 15 is 0 Å². The van der Waals surface area contributed by atoms with E-state index in [4.69, 9.17) is 21.1 Å². The van der Waals surface area contributed by atoms with Gasteiger partial charge in [0.05, 0.1) is 18.8 Å². The zero-order valence-corrected chi connectivity index (χ0v) is 16.5. The third-order valence-corrected chi connectivity index (χ3v) is 4.69. The maximum absolute atomic E-state index is 9.54. The van der Waals surface area contributed by atoms with E-state index < -0.39 is 0 Å². The smallest absolute Gasteiger partial charge is 0.161 e. The van der Waals surface area contributed by atoms with Gasteiger partial charge in [-0.05, 0) is 42.3 Å². The summed E-state index contributed by atoms with van der Waals surface area (Å²) >= 11 is 6.18. The van der Waals surface area contributed by atoms with Gasteiger partial charge >= 0.3 is 0 Å². The van der Waals surface area contributed by atoms with E-state index in [1.54, 1.807) is 7.11 Å². The van der Waals surface area contributed by atoms with Gasteiger partial charge < -0.3 is 9.47 Å². The van der Waals surface area contributed by atoms with Gasteiger partial charge in [0.15, 0.2) is 11.5 Å². The second-order valence-electron chi connectivity index (χ2n) is 6.33. The summed E-state index contributed by atoms with van der Waals surface area (Å²) in [6.07, 6.45) is 1.84. The first-order chi connectivity index (χ1) is 13.6. The average Bonchev–Trinajstić information content (AvgIpc) is 2.72. The van der Waals surface area contributed by atoms with Crippen LogP contribution in [0.15, 0.2) is 66.7 Å². The highest BCUT2D eigenvalue weighted by atomic mass is 35.5. The van der Waals surface area contributed by atoms with Crippen molar-refractivity contribution in [3.8, 4) is 17.6 Å². The molecule has 0 radical (unpaired) electrons. The van der Waals surface area contributed by atoms with E-state index in [0.29, 0.717) is 28.7 Å². The Labute approximate surface area is 170 Å². The Morgan fingerprint density at radius 3 is 2.46 bits per heavy atom. The molecule has 140 valence electrons. The molecule has 0 amide bonds. The van der Waals surface area contributed by atoms with Crippen LogP contribution in [0.3, 0.4) is 0 Å². The maximum atomic E-state index is 9.54. The maximum Gasteiger partial charge on any atom is 0.161 e. The van der Waals surface area contributed by atoms with E-state index in [2.05, 4.69) is 6.07 Å². The minimum atomic E-state index is 0.345. The SMILES string of the molecule is COc1cc(/C=C(/C#N)c2ccc(C)cc2)ccc1OCc1ccccc1Cl. The molecule has 0 aromatic heterocycles. The summed E-state index contributed by atoms with van der Waals surface area (Å²) in [5, 5.41) is 10.2. The summed E-state index contributed by atoms with van der Waals surface area (Å²) in [5.74, 6) is 1.22. The fourth-order valence-corrected chi connectivity index (χ4v) is 2.93. The molecule has 0 saturated carbocycles. The summed E-state index contributed by atoms with van der Waals surface area (Å²) in [6.45, 7) is 2.36. The summed E-state index contributed by atoms with van der Waals surface area (Å²) in [4.78, 5) is 0. The molecule has 0 bridgehead atoms. The molecule has 0 aliphatic heterocycles. The molecule has 4 heteroatoms. The number of ether oxygens (including phenoxy) is 2. The van der Waals surface area contributed by atoms with Gasteiger partial charge in [0, 0.05) is 10.6 Å². The molecule has 0 fully saturated rings. The van der Waals surface area contributed by atoms with Crippen molar-refractivity contribution in [3.05, 3.63) is 94.0 Å². The molecule has 28 heavy (non-hydrogen) atoms. The van der Waals surface area contributed by atoms with Gasteiger partial charge in [-0.2, -0.15) is 5.26 Å². The Hall–Kier alpha value is -3.22. The van der Waals surface area contributed by atoms with Crippen LogP contribution < -0.4 is 9.47 Å². The summed E-state index contributed by atoms with van der Waals surface area (Å²) < 4.78 is 11.4. The van der Waals surface area contributed by atoms with Crippen LogP contribution in [0.5, 0.6) is 11.5 Å². The van der Waals surface area contributed by atoms with E-state index in [1.165, 1.54) is 0 Å². The van der Waals surface area contributed by atoms with Gasteiger partial charge in [0.2, 0.25) is 0 Å². The fraction of sp³-hybridized carbons (Fsp3) is 0.125. The van der Waals surface area contributed by atoms with Gasteiger partial charge in [0.25, 0.3) is 0 Å². The lowest BCUT2D eigenvalue weighted by Gasteiger charge is -2.12. The molecule has 0 atom stereocenters. The van der Waals surface area contributed by atoms with Crippen LogP contribution in [0, 0.1) is 18.3 Å². The van der Waals surface area contributed by atoms with Crippen molar-refractivity contribution in [1.29, 1.82) is 5.26 Å². The first kappa shape index (κ1) is 19.5. The van der Waals surface area contributed by atoms with Crippen molar-refractivity contribution in [1.82, 2.24) is 0 Å². The van der Waals surface area contributed by atoms with Crippen LogP contribution in [-0.2, 0) is 6.61 Å². The Balaban J connectivity index is 1.83. The first-order valence-electron chi connectivity index (χ1n) is 8.84. The number of aryl methyl sites for hydroxylation is 1. The number of hydrogen-bond acceptors (Lipinski definition) is 3. The number of rotatable bonds is 6. The Morgan fingerprint density at radius 2 is 1.79 bits per heavy atom. The van der Waals surface area contributed by atoms with E-state index in [-0.39, 0.29) is 0 Å². The predicted octanol–water partition coefficient (Wildman–Crippen LogP) is 6.30. The van der Waals surface area contributed by atoms with Gasteiger partial charge in [-0.3, -0.25) is 0 Å². The number of allylic oxidation sites excluding steroid dienone is 1. The van der Waals surface area contributed by atoms with Crippen LogP contribution >= 0.6 is 11.6 Å². The summed E-state index contributed by atoms with van der Waals surface area (Å²) in [7, 11) is 1.59. The summed E-state index contributed by atoms with van der Waals surface area (Å²) in [5.41, 5.74) is 4.39. The molecule has 0 aliphatic carbocycles. The Bertz CT molecular complexity index is 1030. The summed E-state index contributed by atoms with van der Waals surface area (Å²) in [6, 6.07) is 23.3. The molecule has 0 spiro atoms. The quantitative estimate of drug-likeness (QED) is 0.367. The lowest BCUT2D eigenvalue weighted by Crippen LogP contribution is -1.98. The number of methoxy groups -OCH3 is 1. The van der Waals surface area contributed by atoms with Crippen molar-refractivity contribution in [2.24, 2.45) is 0 Å². The van der Waals surface area contributed by atoms with Crippen LogP contribution in [0.2, 0.25) is 5.02 Å². The number of nitriles is 1. The monoisotopic (exact) mass is 389 g/mol. The molecule has 0 N–H and O–H groups in total. The Morgan fingerprint density at radius 1 is 1.04 bits per heavy atom. The lowest BCUT2D eigenvalue weighted by atomic mass is 10.0. The van der Waals surface area contributed by atoms with Crippen LogP contribution in [0.1, 0.15) is 22.3 Å². The van der Waals surface area contributed by atoms with Gasteiger partial charge in [-0.25, -0.2) is 0 Å². The third kappa shape index (κ3) is 4.73. The second-order valence-corrected chi connectivity index (χ2v) is 6.73. The highest BCUT2D eigenvalue weighted by Crippen LogP contribution is 2.31. The van der Waals surface area contributed by atoms with Gasteiger partial charge in [-0.1, -0.05) is 65.7 Å². The molecular formula is C24H20ClNO2. The predicted molar refractivity (Wildman–Crippen MR) is 113 cm³/mol. The van der Waals surface area contributed by atoms with E-state index in [9.17, 15) is 5.26 Å². The topological polar surface area (TPSA) is 42.2 Å². The van der Waals surface area contributed by atoms with E-state index in [0.717, 1.165) is 22.3 Å². The normalized spacial score (nSPS) is 11.0. The number of nitrogens with zero attached hydrogens (tertiary/aromatic N) is 1. The molecular weight excluding hydrogens is 370 g/mol. The molecule has 0 heterocycles. The second kappa shape index (κ2) is 9.12. The molecule has 3 rings (SSSR count). The Kier molecular flexibility index (Phi) is 6.37. The largest absolute Gasteiger partial charge is 0.493 e. The number of benzene rings is 3. The number of hydrogen-bond donors (Lipinski definition) is 0. The van der Waals surface area contributed by atoms with Crippen molar-refractivity contribution in [3.63, 3.8) is 0 Å². The van der Waals surface area contributed by atoms with Crippen molar-refractivity contribution in [2.45, 2.75) is 13.5 Å². The lowest BCUT2D eigenvalue weighted by molar-refractivity contribution is 0.284. The van der Waals surface area contributed by atoms with Crippen molar-refractivity contribution >= 4 is 23.3 Å². The average molecular weight is 390 g/mol. The van der Waals surface area contributed by atoms with Gasteiger partial charge in [0.1, 0.15) is 6.61 Å². The minimum absolute atomic E-state index is 0.345. The third-order valence-electron chi connectivity index (χ3n) is 4.32. The molecule has 0 aliphatic rings. The minimum Gasteiger partial charge on any atom is -0.493 e.